The molecule has 1 N–H and O–H groups in total. The van der Waals surface area contributed by atoms with Crippen LogP contribution in [0.2, 0.25) is 0 Å². The van der Waals surface area contributed by atoms with Crippen LogP contribution >= 0.6 is 31.9 Å². The molecule has 0 bridgehead atoms. The monoisotopic (exact) mass is 400 g/mol. The van der Waals surface area contributed by atoms with Crippen molar-refractivity contribution in [2.24, 2.45) is 0 Å². The summed E-state index contributed by atoms with van der Waals surface area (Å²) in [6.07, 6.45) is 1.89. The van der Waals surface area contributed by atoms with Crippen LogP contribution in [-0.2, 0) is 6.54 Å². The van der Waals surface area contributed by atoms with Gasteiger partial charge in [0.2, 0.25) is 0 Å². The molecule has 0 spiro atoms. The van der Waals surface area contributed by atoms with E-state index in [0.29, 0.717) is 17.1 Å². The molecule has 2 rings (SSSR count). The molecule has 2 aromatic rings. The fraction of sp³-hybridized carbons (Fsp3) is 0.214. The van der Waals surface area contributed by atoms with Gasteiger partial charge in [-0.05, 0) is 41.1 Å². The van der Waals surface area contributed by atoms with Crippen LogP contribution in [0.3, 0.4) is 0 Å². The first kappa shape index (κ1) is 15.1. The second-order valence-corrected chi connectivity index (χ2v) is 5.99. The lowest BCUT2D eigenvalue weighted by Crippen LogP contribution is -2.16. The molecule has 1 heterocycles. The Morgan fingerprint density at radius 1 is 1.25 bits per heavy atom. The first-order valence-corrected chi connectivity index (χ1v) is 7.63. The highest BCUT2D eigenvalue weighted by Crippen LogP contribution is 2.25. The zero-order valence-electron chi connectivity index (χ0n) is 11.1. The van der Waals surface area contributed by atoms with Crippen molar-refractivity contribution >= 4 is 43.5 Å². The minimum Gasteiger partial charge on any atom is -0.497 e. The van der Waals surface area contributed by atoms with Gasteiger partial charge in [-0.15, -0.1) is 0 Å². The highest BCUT2D eigenvalue weighted by molar-refractivity contribution is 9.10. The number of rotatable bonds is 4. The highest BCUT2D eigenvalue weighted by atomic mass is 79.9. The first-order valence-electron chi connectivity index (χ1n) is 6.05. The molecular weight excluding hydrogens is 388 g/mol. The predicted octanol–water partition coefficient (Wildman–Crippen LogP) is 4.29. The average Bonchev–Trinajstić information content (AvgIpc) is 2.79. The van der Waals surface area contributed by atoms with Crippen molar-refractivity contribution in [1.29, 1.82) is 0 Å². The number of benzene rings is 1. The Bertz CT molecular complexity index is 638. The van der Waals surface area contributed by atoms with Crippen LogP contribution in [0.1, 0.15) is 17.4 Å². The van der Waals surface area contributed by atoms with Crippen molar-refractivity contribution in [2.45, 2.75) is 13.5 Å². The smallest absolute Gasteiger partial charge is 0.272 e. The third-order valence-electron chi connectivity index (χ3n) is 2.80. The van der Waals surface area contributed by atoms with Crippen LogP contribution in [-0.4, -0.2) is 17.6 Å². The second kappa shape index (κ2) is 6.45. The Hall–Kier alpha value is -1.27. The number of aromatic nitrogens is 1. The van der Waals surface area contributed by atoms with Crippen LogP contribution in [0.4, 0.5) is 5.69 Å². The number of carbonyl (C=O) groups excluding carboxylic acids is 1. The van der Waals surface area contributed by atoms with Gasteiger partial charge in [-0.1, -0.05) is 15.9 Å². The van der Waals surface area contributed by atoms with E-state index < -0.39 is 0 Å². The van der Waals surface area contributed by atoms with E-state index >= 15 is 0 Å². The molecule has 6 heteroatoms. The topological polar surface area (TPSA) is 43.3 Å². The number of carbonyl (C=O) groups is 1. The number of halogens is 2. The summed E-state index contributed by atoms with van der Waals surface area (Å²) in [4.78, 5) is 12.3. The average molecular weight is 402 g/mol. The van der Waals surface area contributed by atoms with Gasteiger partial charge < -0.3 is 14.6 Å². The predicted molar refractivity (Wildman–Crippen MR) is 86.5 cm³/mol. The van der Waals surface area contributed by atoms with Gasteiger partial charge in [0.1, 0.15) is 11.4 Å². The molecular formula is C14H14Br2N2O2. The molecule has 4 nitrogen and oxygen atoms in total. The zero-order chi connectivity index (χ0) is 14.7. The van der Waals surface area contributed by atoms with E-state index in [2.05, 4.69) is 37.2 Å². The number of hydrogen-bond donors (Lipinski definition) is 1. The third-order valence-corrected chi connectivity index (χ3v) is 3.69. The SMILES string of the molecule is CCn1cc(Br)cc1C(=O)Nc1cc(Br)cc(OC)c1. The van der Waals surface area contributed by atoms with Crippen LogP contribution in [0, 0.1) is 0 Å². The normalized spacial score (nSPS) is 10.4. The van der Waals surface area contributed by atoms with Crippen LogP contribution in [0.5, 0.6) is 5.75 Å². The molecule has 0 aliphatic rings. The van der Waals surface area contributed by atoms with Gasteiger partial charge in [0, 0.05) is 33.4 Å². The number of ether oxygens (including phenoxy) is 1. The number of methoxy groups -OCH3 is 1. The molecule has 0 saturated heterocycles. The fourth-order valence-corrected chi connectivity index (χ4v) is 2.81. The summed E-state index contributed by atoms with van der Waals surface area (Å²) in [6, 6.07) is 7.24. The molecule has 1 aromatic carbocycles. The first-order chi connectivity index (χ1) is 9.53. The fourth-order valence-electron chi connectivity index (χ4n) is 1.87. The summed E-state index contributed by atoms with van der Waals surface area (Å²) in [5, 5.41) is 2.87. The van der Waals surface area contributed by atoms with Gasteiger partial charge in [0.15, 0.2) is 0 Å². The third kappa shape index (κ3) is 3.43. The van der Waals surface area contributed by atoms with Gasteiger partial charge >= 0.3 is 0 Å². The molecule has 0 atom stereocenters. The molecule has 0 aliphatic heterocycles. The van der Waals surface area contributed by atoms with E-state index in [4.69, 9.17) is 4.74 Å². The molecule has 106 valence electrons. The van der Waals surface area contributed by atoms with E-state index in [1.54, 1.807) is 19.2 Å². The van der Waals surface area contributed by atoms with Crippen molar-refractivity contribution in [3.8, 4) is 5.75 Å². The van der Waals surface area contributed by atoms with E-state index in [1.165, 1.54) is 0 Å². The largest absolute Gasteiger partial charge is 0.497 e. The lowest BCUT2D eigenvalue weighted by atomic mass is 10.3. The van der Waals surface area contributed by atoms with Crippen molar-refractivity contribution in [1.82, 2.24) is 4.57 Å². The van der Waals surface area contributed by atoms with Gasteiger partial charge in [-0.2, -0.15) is 0 Å². The summed E-state index contributed by atoms with van der Waals surface area (Å²) in [5.74, 6) is 0.527. The molecule has 1 aromatic heterocycles. The maximum atomic E-state index is 12.3. The number of nitrogens with zero attached hydrogens (tertiary/aromatic N) is 1. The summed E-state index contributed by atoms with van der Waals surface area (Å²) in [7, 11) is 1.59. The van der Waals surface area contributed by atoms with Crippen LogP contribution in [0.25, 0.3) is 0 Å². The van der Waals surface area contributed by atoms with Crippen LogP contribution in [0.15, 0.2) is 39.4 Å². The molecule has 0 aliphatic carbocycles. The van der Waals surface area contributed by atoms with Gasteiger partial charge in [0.05, 0.1) is 7.11 Å². The number of amides is 1. The summed E-state index contributed by atoms with van der Waals surface area (Å²) in [5.41, 5.74) is 1.29. The Balaban J connectivity index is 2.25. The summed E-state index contributed by atoms with van der Waals surface area (Å²) < 4.78 is 8.79. The Morgan fingerprint density at radius 2 is 2.00 bits per heavy atom. The number of nitrogens with one attached hydrogen (secondary N) is 1. The quantitative estimate of drug-likeness (QED) is 0.830. The van der Waals surface area contributed by atoms with Crippen molar-refractivity contribution in [3.63, 3.8) is 0 Å². The van der Waals surface area contributed by atoms with Gasteiger partial charge in [-0.25, -0.2) is 0 Å². The van der Waals surface area contributed by atoms with Gasteiger partial charge in [-0.3, -0.25) is 4.79 Å². The number of hydrogen-bond acceptors (Lipinski definition) is 2. The zero-order valence-corrected chi connectivity index (χ0v) is 14.3. The number of aryl methyl sites for hydroxylation is 1. The van der Waals surface area contributed by atoms with E-state index in [9.17, 15) is 4.79 Å². The summed E-state index contributed by atoms with van der Waals surface area (Å²) in [6.45, 7) is 2.72. The molecule has 0 fully saturated rings. The Kier molecular flexibility index (Phi) is 4.88. The second-order valence-electron chi connectivity index (χ2n) is 4.16. The summed E-state index contributed by atoms with van der Waals surface area (Å²) >= 11 is 6.77. The van der Waals surface area contributed by atoms with Crippen molar-refractivity contribution in [3.05, 3.63) is 45.1 Å². The maximum Gasteiger partial charge on any atom is 0.272 e. The maximum absolute atomic E-state index is 12.3. The Labute approximate surface area is 134 Å². The van der Waals surface area contributed by atoms with Crippen LogP contribution < -0.4 is 10.1 Å². The molecule has 20 heavy (non-hydrogen) atoms. The number of anilines is 1. The minimum absolute atomic E-state index is 0.155. The Morgan fingerprint density at radius 3 is 2.65 bits per heavy atom. The highest BCUT2D eigenvalue weighted by Gasteiger charge is 2.13. The molecule has 1 amide bonds. The minimum atomic E-state index is -0.155. The van der Waals surface area contributed by atoms with E-state index in [-0.39, 0.29) is 5.91 Å². The van der Waals surface area contributed by atoms with E-state index in [0.717, 1.165) is 15.5 Å². The lowest BCUT2D eigenvalue weighted by Gasteiger charge is -2.09. The molecule has 0 radical (unpaired) electrons. The van der Waals surface area contributed by atoms with Crippen molar-refractivity contribution in [2.75, 3.05) is 12.4 Å². The van der Waals surface area contributed by atoms with E-state index in [1.807, 2.05) is 29.8 Å². The molecule has 0 saturated carbocycles. The standard InChI is InChI=1S/C14H14Br2N2O2/c1-3-18-8-10(16)6-13(18)14(19)17-11-4-9(15)5-12(7-11)20-2/h4-8H,3H2,1-2H3,(H,17,19). The van der Waals surface area contributed by atoms with Crippen molar-refractivity contribution < 1.29 is 9.53 Å². The molecule has 0 unspecified atom stereocenters. The lowest BCUT2D eigenvalue weighted by molar-refractivity contribution is 0.101. The van der Waals surface area contributed by atoms with Gasteiger partial charge in [0.25, 0.3) is 5.91 Å².